The second-order valence-corrected chi connectivity index (χ2v) is 5.01. The molecule has 0 bridgehead atoms. The van der Waals surface area contributed by atoms with Crippen molar-refractivity contribution in [2.45, 2.75) is 13.0 Å². The van der Waals surface area contributed by atoms with Gasteiger partial charge in [-0.15, -0.1) is 0 Å². The van der Waals surface area contributed by atoms with E-state index >= 15 is 0 Å². The smallest absolute Gasteiger partial charge is 0.0412 e. The van der Waals surface area contributed by atoms with E-state index in [1.54, 1.807) is 0 Å². The molecule has 2 nitrogen and oxygen atoms in total. The zero-order valence-corrected chi connectivity index (χ0v) is 9.80. The summed E-state index contributed by atoms with van der Waals surface area (Å²) in [6, 6.07) is 8.50. The normalized spacial score (nSPS) is 17.5. The van der Waals surface area contributed by atoms with Crippen LogP contribution in [-0.2, 0) is 6.54 Å². The number of hydrogen-bond donors (Lipinski definition) is 1. The van der Waals surface area contributed by atoms with Gasteiger partial charge in [-0.3, -0.25) is 0 Å². The van der Waals surface area contributed by atoms with E-state index in [1.807, 2.05) is 0 Å². The summed E-state index contributed by atoms with van der Waals surface area (Å²) in [5.74, 6) is 2.53. The minimum atomic E-state index is 0.639. The Kier molecular flexibility index (Phi) is 3.92. The first-order chi connectivity index (χ1) is 7.42. The summed E-state index contributed by atoms with van der Waals surface area (Å²) in [5, 5.41) is 0. The number of rotatable bonds is 2. The molecular weight excluding hydrogens is 204 g/mol. The summed E-state index contributed by atoms with van der Waals surface area (Å²) in [6.07, 6.45) is 1.28. The van der Waals surface area contributed by atoms with Crippen LogP contribution < -0.4 is 10.6 Å². The molecule has 0 amide bonds. The molecule has 1 aliphatic heterocycles. The number of nitrogens with zero attached hydrogens (tertiary/aromatic N) is 1. The molecule has 1 aromatic rings. The van der Waals surface area contributed by atoms with E-state index < -0.39 is 0 Å². The Labute approximate surface area is 95.8 Å². The van der Waals surface area contributed by atoms with Gasteiger partial charge in [0.05, 0.1) is 0 Å². The fourth-order valence-electron chi connectivity index (χ4n) is 1.98. The topological polar surface area (TPSA) is 29.3 Å². The molecule has 0 atom stereocenters. The quantitative estimate of drug-likeness (QED) is 0.831. The molecule has 0 aliphatic carbocycles. The minimum Gasteiger partial charge on any atom is -0.370 e. The molecule has 1 aliphatic rings. The van der Waals surface area contributed by atoms with Crippen molar-refractivity contribution < 1.29 is 0 Å². The van der Waals surface area contributed by atoms with Crippen molar-refractivity contribution in [1.82, 2.24) is 0 Å². The van der Waals surface area contributed by atoms with Crippen LogP contribution in [0.15, 0.2) is 24.3 Å². The highest BCUT2D eigenvalue weighted by Gasteiger charge is 2.12. The Balaban J connectivity index is 2.18. The standard InChI is InChI=1S/C12H18N2S/c13-10-11-4-1-2-5-12(11)14-6-3-8-15-9-7-14/h1-2,4-5H,3,6-10,13H2. The van der Waals surface area contributed by atoms with Crippen LogP contribution in [0.4, 0.5) is 5.69 Å². The Bertz CT molecular complexity index is 306. The molecule has 1 heterocycles. The number of anilines is 1. The summed E-state index contributed by atoms with van der Waals surface area (Å²) >= 11 is 2.05. The number of para-hydroxylation sites is 1. The zero-order chi connectivity index (χ0) is 10.5. The Morgan fingerprint density at radius 2 is 2.07 bits per heavy atom. The first-order valence-electron chi connectivity index (χ1n) is 5.52. The molecule has 3 heteroatoms. The first kappa shape index (κ1) is 10.8. The Morgan fingerprint density at radius 1 is 1.20 bits per heavy atom. The average Bonchev–Trinajstić information content (AvgIpc) is 2.57. The van der Waals surface area contributed by atoms with Gasteiger partial charge in [-0.05, 0) is 23.8 Å². The van der Waals surface area contributed by atoms with Crippen molar-refractivity contribution in [3.63, 3.8) is 0 Å². The SMILES string of the molecule is NCc1ccccc1N1CCCSCC1. The zero-order valence-electron chi connectivity index (χ0n) is 8.98. The van der Waals surface area contributed by atoms with Gasteiger partial charge in [-0.1, -0.05) is 18.2 Å². The van der Waals surface area contributed by atoms with E-state index in [-0.39, 0.29) is 0 Å². The minimum absolute atomic E-state index is 0.639. The summed E-state index contributed by atoms with van der Waals surface area (Å²) < 4.78 is 0. The van der Waals surface area contributed by atoms with E-state index in [0.29, 0.717) is 6.54 Å². The van der Waals surface area contributed by atoms with Gasteiger partial charge in [0, 0.05) is 31.1 Å². The van der Waals surface area contributed by atoms with E-state index in [0.717, 1.165) is 6.54 Å². The Hall–Kier alpha value is -0.670. The predicted octanol–water partition coefficient (Wildman–Crippen LogP) is 2.09. The van der Waals surface area contributed by atoms with E-state index in [2.05, 4.69) is 40.9 Å². The van der Waals surface area contributed by atoms with Crippen molar-refractivity contribution in [3.8, 4) is 0 Å². The van der Waals surface area contributed by atoms with Crippen LogP contribution in [0.1, 0.15) is 12.0 Å². The molecule has 2 N–H and O–H groups in total. The van der Waals surface area contributed by atoms with Crippen molar-refractivity contribution >= 4 is 17.4 Å². The van der Waals surface area contributed by atoms with Crippen LogP contribution >= 0.6 is 11.8 Å². The summed E-state index contributed by atoms with van der Waals surface area (Å²) in [4.78, 5) is 2.47. The van der Waals surface area contributed by atoms with Crippen LogP contribution in [0.3, 0.4) is 0 Å². The Morgan fingerprint density at radius 3 is 2.93 bits per heavy atom. The van der Waals surface area contributed by atoms with Gasteiger partial charge in [0.2, 0.25) is 0 Å². The summed E-state index contributed by atoms with van der Waals surface area (Å²) in [6.45, 7) is 2.96. The highest BCUT2D eigenvalue weighted by molar-refractivity contribution is 7.99. The highest BCUT2D eigenvalue weighted by atomic mass is 32.2. The van der Waals surface area contributed by atoms with Gasteiger partial charge in [0.25, 0.3) is 0 Å². The number of nitrogens with two attached hydrogens (primary N) is 1. The third kappa shape index (κ3) is 2.67. The molecule has 0 saturated carbocycles. The monoisotopic (exact) mass is 222 g/mol. The third-order valence-corrected chi connectivity index (χ3v) is 3.82. The van der Waals surface area contributed by atoms with Crippen LogP contribution in [0, 0.1) is 0 Å². The number of benzene rings is 1. The maximum Gasteiger partial charge on any atom is 0.0412 e. The third-order valence-electron chi connectivity index (χ3n) is 2.77. The summed E-state index contributed by atoms with van der Waals surface area (Å²) in [7, 11) is 0. The number of hydrogen-bond acceptors (Lipinski definition) is 3. The maximum absolute atomic E-state index is 5.76. The fourth-order valence-corrected chi connectivity index (χ4v) is 2.87. The van der Waals surface area contributed by atoms with Gasteiger partial charge < -0.3 is 10.6 Å². The second-order valence-electron chi connectivity index (χ2n) is 3.79. The van der Waals surface area contributed by atoms with Crippen LogP contribution in [-0.4, -0.2) is 24.6 Å². The maximum atomic E-state index is 5.76. The first-order valence-corrected chi connectivity index (χ1v) is 6.68. The van der Waals surface area contributed by atoms with Gasteiger partial charge in [0.15, 0.2) is 0 Å². The molecule has 2 rings (SSSR count). The highest BCUT2D eigenvalue weighted by Crippen LogP contribution is 2.22. The average molecular weight is 222 g/mol. The van der Waals surface area contributed by atoms with E-state index in [4.69, 9.17) is 5.73 Å². The molecule has 1 aromatic carbocycles. The molecule has 1 saturated heterocycles. The summed E-state index contributed by atoms with van der Waals surface area (Å²) in [5.41, 5.74) is 8.37. The molecule has 0 radical (unpaired) electrons. The molecule has 82 valence electrons. The van der Waals surface area contributed by atoms with Crippen molar-refractivity contribution in [1.29, 1.82) is 0 Å². The lowest BCUT2D eigenvalue weighted by Gasteiger charge is -2.24. The van der Waals surface area contributed by atoms with Gasteiger partial charge in [0.1, 0.15) is 0 Å². The van der Waals surface area contributed by atoms with Gasteiger partial charge in [-0.25, -0.2) is 0 Å². The lowest BCUT2D eigenvalue weighted by atomic mass is 10.1. The fraction of sp³-hybridized carbons (Fsp3) is 0.500. The predicted molar refractivity (Wildman–Crippen MR) is 68.5 cm³/mol. The molecule has 15 heavy (non-hydrogen) atoms. The number of thioether (sulfide) groups is 1. The lowest BCUT2D eigenvalue weighted by molar-refractivity contribution is 0.808. The second kappa shape index (κ2) is 5.42. The lowest BCUT2D eigenvalue weighted by Crippen LogP contribution is -2.26. The van der Waals surface area contributed by atoms with Gasteiger partial charge >= 0.3 is 0 Å². The molecule has 0 unspecified atom stereocenters. The van der Waals surface area contributed by atoms with Gasteiger partial charge in [-0.2, -0.15) is 11.8 Å². The largest absolute Gasteiger partial charge is 0.370 e. The van der Waals surface area contributed by atoms with Crippen molar-refractivity contribution in [2.24, 2.45) is 5.73 Å². The van der Waals surface area contributed by atoms with E-state index in [1.165, 1.54) is 35.7 Å². The molecule has 1 fully saturated rings. The van der Waals surface area contributed by atoms with Crippen LogP contribution in [0.2, 0.25) is 0 Å². The van der Waals surface area contributed by atoms with Crippen molar-refractivity contribution in [2.75, 3.05) is 29.5 Å². The molecule has 0 spiro atoms. The van der Waals surface area contributed by atoms with Crippen LogP contribution in [0.5, 0.6) is 0 Å². The molecular formula is C12H18N2S. The van der Waals surface area contributed by atoms with Crippen molar-refractivity contribution in [3.05, 3.63) is 29.8 Å². The van der Waals surface area contributed by atoms with E-state index in [9.17, 15) is 0 Å². The van der Waals surface area contributed by atoms with Crippen LogP contribution in [0.25, 0.3) is 0 Å². The molecule has 0 aromatic heterocycles.